The number of anilines is 8. The van der Waals surface area contributed by atoms with Crippen LogP contribution >= 0.6 is 0 Å². The largest absolute Gasteiger partial charge is 0.399 e. The van der Waals surface area contributed by atoms with E-state index in [1.54, 1.807) is 127 Å². The summed E-state index contributed by atoms with van der Waals surface area (Å²) >= 11 is 0. The van der Waals surface area contributed by atoms with E-state index >= 15 is 0 Å². The minimum absolute atomic E-state index is 0.135. The number of nitrogens with two attached hydrogens (primary N) is 2. The maximum Gasteiger partial charge on any atom is 0.268 e. The average molecular weight is 1030 g/mol. The third-order valence-corrected chi connectivity index (χ3v) is 13.7. The number of H-pyrrole nitrogens is 1. The van der Waals surface area contributed by atoms with Gasteiger partial charge in [0.05, 0.1) is 45.3 Å². The lowest BCUT2D eigenvalue weighted by atomic mass is 10.1. The third kappa shape index (κ3) is 10.8. The molecule has 0 fully saturated rings. The van der Waals surface area contributed by atoms with Gasteiger partial charge in [0.15, 0.2) is 0 Å². The molecular formula is C58H42N14O4S. The number of nitrogens with zero attached hydrogens (tertiary/aromatic N) is 7. The smallest absolute Gasteiger partial charge is 0.268 e. The number of hydrogen-bond donors (Lipinski definition) is 7. The van der Waals surface area contributed by atoms with E-state index < -0.39 is 10.0 Å². The lowest BCUT2D eigenvalue weighted by Gasteiger charge is -2.10. The molecule has 0 unspecified atom stereocenters. The third-order valence-electron chi connectivity index (χ3n) is 12.0. The van der Waals surface area contributed by atoms with E-state index in [1.165, 1.54) is 34.7 Å². The van der Waals surface area contributed by atoms with Gasteiger partial charge in [-0.1, -0.05) is 66.7 Å². The lowest BCUT2D eigenvalue weighted by Crippen LogP contribution is -2.12. The maximum absolute atomic E-state index is 13.6. The second-order valence-electron chi connectivity index (χ2n) is 17.1. The van der Waals surface area contributed by atoms with Crippen molar-refractivity contribution >= 4 is 89.7 Å². The Hall–Kier alpha value is -11.2. The molecule has 11 aromatic rings. The van der Waals surface area contributed by atoms with Gasteiger partial charge < -0.3 is 37.7 Å². The van der Waals surface area contributed by atoms with Gasteiger partial charge in [-0.15, -0.1) is 0 Å². The van der Waals surface area contributed by atoms with Gasteiger partial charge >= 0.3 is 0 Å². The van der Waals surface area contributed by atoms with E-state index in [2.05, 4.69) is 58.3 Å². The predicted molar refractivity (Wildman–Crippen MR) is 298 cm³/mol. The van der Waals surface area contributed by atoms with E-state index in [4.69, 9.17) is 11.5 Å². The second-order valence-corrected chi connectivity index (χ2v) is 18.9. The van der Waals surface area contributed by atoms with E-state index in [0.717, 1.165) is 16.5 Å². The highest BCUT2D eigenvalue weighted by Crippen LogP contribution is 2.35. The number of rotatable bonds is 12. The molecule has 0 saturated heterocycles. The molecule has 0 aliphatic heterocycles. The van der Waals surface area contributed by atoms with E-state index in [1.807, 2.05) is 42.6 Å². The Kier molecular flexibility index (Phi) is 13.8. The number of fused-ring (bicyclic) bond motifs is 2. The summed E-state index contributed by atoms with van der Waals surface area (Å²) in [4.78, 5) is 46.3. The Morgan fingerprint density at radius 2 is 1.03 bits per heavy atom. The second kappa shape index (κ2) is 21.5. The van der Waals surface area contributed by atoms with Crippen LogP contribution in [0.5, 0.6) is 0 Å². The molecule has 0 atom stereocenters. The Morgan fingerprint density at radius 1 is 0.545 bits per heavy atom. The van der Waals surface area contributed by atoms with Gasteiger partial charge in [-0.3, -0.25) is 9.59 Å². The van der Waals surface area contributed by atoms with Crippen molar-refractivity contribution in [1.29, 1.82) is 10.5 Å². The zero-order valence-electron chi connectivity index (χ0n) is 40.4. The first-order valence-corrected chi connectivity index (χ1v) is 25.0. The van der Waals surface area contributed by atoms with Crippen LogP contribution in [-0.4, -0.2) is 49.1 Å². The number of hydrogen-bond acceptors (Lipinski definition) is 14. The standard InChI is InChI=1S/C32H23N7O3S.C26H19N7O/c33-18-22-19-35-32(37-25-8-6-7-24(17-25)36-31(40)21-13-15-23(34)16-14-21)38-30(22)28-20-39(29-12-5-4-11-27(28)29)43(41,42)26-9-2-1-3-10-26;27-13-17-14-30-26(33-24(17)22-15-29-23-7-2-1-6-21(22)23)32-20-5-3-4-19(12-20)31-25(34)16-8-10-18(28)11-9-16/h1-17,19-20H,34H2,(H,36,40)(H,35,37,38);1-12,14-15,29H,28H2,(H,31,34)(H,30,32,33). The Morgan fingerprint density at radius 3 is 1.57 bits per heavy atom. The van der Waals surface area contributed by atoms with Crippen LogP contribution in [0.15, 0.2) is 206 Å². The number of aromatic amines is 1. The minimum Gasteiger partial charge on any atom is -0.399 e. The molecule has 19 heteroatoms. The Balaban J connectivity index is 0.000000179. The van der Waals surface area contributed by atoms with Gasteiger partial charge in [-0.25, -0.2) is 32.3 Å². The van der Waals surface area contributed by atoms with Gasteiger partial charge in [-0.2, -0.15) is 10.5 Å². The number of carbonyl (C=O) groups is 2. The van der Waals surface area contributed by atoms with Gasteiger partial charge in [-0.05, 0) is 109 Å². The fraction of sp³-hybridized carbons (Fsp3) is 0. The average Bonchev–Trinajstić information content (AvgIpc) is 4.20. The van der Waals surface area contributed by atoms with Gasteiger partial charge in [0.1, 0.15) is 12.1 Å². The summed E-state index contributed by atoms with van der Waals surface area (Å²) in [7, 11) is -3.93. The summed E-state index contributed by atoms with van der Waals surface area (Å²) in [6.45, 7) is 0. The van der Waals surface area contributed by atoms with Crippen LogP contribution in [0.1, 0.15) is 31.8 Å². The first-order valence-electron chi connectivity index (χ1n) is 23.5. The van der Waals surface area contributed by atoms with Crippen LogP contribution in [0, 0.1) is 22.7 Å². The van der Waals surface area contributed by atoms with Crippen molar-refractivity contribution in [3.05, 3.63) is 223 Å². The molecular weight excluding hydrogens is 989 g/mol. The zero-order chi connectivity index (χ0) is 53.5. The first-order chi connectivity index (χ1) is 37.4. The fourth-order valence-corrected chi connectivity index (χ4v) is 9.64. The number of nitrogen functional groups attached to an aromatic ring is 2. The van der Waals surface area contributed by atoms with Crippen molar-refractivity contribution in [3.63, 3.8) is 0 Å². The van der Waals surface area contributed by atoms with Crippen LogP contribution in [0.25, 0.3) is 44.3 Å². The Labute approximate surface area is 440 Å². The number of nitrogens with one attached hydrogen (secondary N) is 5. The van der Waals surface area contributed by atoms with Crippen molar-refractivity contribution in [1.82, 2.24) is 28.9 Å². The lowest BCUT2D eigenvalue weighted by molar-refractivity contribution is 0.101. The fourth-order valence-electron chi connectivity index (χ4n) is 8.25. The quantitative estimate of drug-likeness (QED) is 0.0560. The van der Waals surface area contributed by atoms with E-state index in [9.17, 15) is 28.5 Å². The highest BCUT2D eigenvalue weighted by molar-refractivity contribution is 7.90. The van der Waals surface area contributed by atoms with Crippen molar-refractivity contribution < 1.29 is 18.0 Å². The molecule has 0 aliphatic carbocycles. The van der Waals surface area contributed by atoms with Crippen LogP contribution in [0.3, 0.4) is 0 Å². The number of carbonyl (C=O) groups excluding carboxylic acids is 2. The zero-order valence-corrected chi connectivity index (χ0v) is 41.2. The summed E-state index contributed by atoms with van der Waals surface area (Å²) in [6, 6.07) is 54.8. The minimum atomic E-state index is -3.93. The summed E-state index contributed by atoms with van der Waals surface area (Å²) in [6.07, 6.45) is 6.20. The molecule has 374 valence electrons. The van der Waals surface area contributed by atoms with E-state index in [-0.39, 0.29) is 33.9 Å². The van der Waals surface area contributed by atoms with Crippen molar-refractivity contribution in [2.24, 2.45) is 0 Å². The number of nitriles is 2. The normalized spacial score (nSPS) is 10.9. The molecule has 2 amide bonds. The summed E-state index contributed by atoms with van der Waals surface area (Å²) in [5.41, 5.74) is 20.0. The van der Waals surface area contributed by atoms with Gasteiger partial charge in [0, 0.05) is 85.1 Å². The molecule has 9 N–H and O–H groups in total. The van der Waals surface area contributed by atoms with Crippen LogP contribution in [0.4, 0.5) is 46.0 Å². The molecule has 11 rings (SSSR count). The van der Waals surface area contributed by atoms with Crippen LogP contribution in [-0.2, 0) is 10.0 Å². The summed E-state index contributed by atoms with van der Waals surface area (Å²) < 4.78 is 28.4. The molecule has 0 aliphatic rings. The molecule has 18 nitrogen and oxygen atoms in total. The molecule has 77 heavy (non-hydrogen) atoms. The maximum atomic E-state index is 13.6. The topological polar surface area (TPSA) is 288 Å². The van der Waals surface area contributed by atoms with Gasteiger partial charge in [0.25, 0.3) is 21.8 Å². The molecule has 0 saturated carbocycles. The number of amides is 2. The Bertz CT molecular complexity index is 4230. The van der Waals surface area contributed by atoms with Crippen LogP contribution in [0.2, 0.25) is 0 Å². The number of aromatic nitrogens is 6. The molecule has 4 aromatic heterocycles. The highest BCUT2D eigenvalue weighted by Gasteiger charge is 2.24. The predicted octanol–water partition coefficient (Wildman–Crippen LogP) is 10.9. The van der Waals surface area contributed by atoms with Crippen molar-refractivity contribution in [2.45, 2.75) is 4.90 Å². The summed E-state index contributed by atoms with van der Waals surface area (Å²) in [5.74, 6) is -0.0237. The highest BCUT2D eigenvalue weighted by atomic mass is 32.2. The first kappa shape index (κ1) is 49.4. The molecule has 4 heterocycles. The number of benzene rings is 7. The molecule has 7 aromatic carbocycles. The molecule has 0 spiro atoms. The van der Waals surface area contributed by atoms with Crippen molar-refractivity contribution in [3.8, 4) is 34.7 Å². The van der Waals surface area contributed by atoms with Crippen molar-refractivity contribution in [2.75, 3.05) is 32.7 Å². The van der Waals surface area contributed by atoms with Crippen LogP contribution < -0.4 is 32.7 Å². The van der Waals surface area contributed by atoms with Gasteiger partial charge in [0.2, 0.25) is 11.9 Å². The molecule has 0 bridgehead atoms. The number of para-hydroxylation sites is 2. The summed E-state index contributed by atoms with van der Waals surface area (Å²) in [5, 5.41) is 33.0. The van der Waals surface area contributed by atoms with E-state index in [0.29, 0.717) is 78.9 Å². The monoisotopic (exact) mass is 1030 g/mol. The molecule has 0 radical (unpaired) electrons. The SMILES string of the molecule is N#Cc1cnc(Nc2cccc(NC(=O)c3ccc(N)cc3)c2)nc1-c1c[nH]c2ccccc12.N#Cc1cnc(Nc2cccc(NC(=O)c3ccc(N)cc3)c2)nc1-c1cn(S(=O)(=O)c2ccccc2)c2ccccc12.